The SMILES string of the molecule is CCCCCC/C=C\C/C=C\CCCCCCCC(=O)NC(COC1OC(CO)C(OC2OC(CO)C(O)C(O)C2O)C(O)C1O)C(O)/C=C/CC/C=C/CCCCCCC. The fourth-order valence-electron chi connectivity index (χ4n) is 7.33. The molecule has 0 radical (unpaired) electrons. The standard InChI is InChI=1S/C47H83NO13/c1-3-5-7-9-11-13-15-16-17-18-19-21-23-25-27-29-31-39(52)48-35(36(51)30-28-26-24-22-20-14-12-10-8-6-4-2)34-58-46-44(57)42(55)45(38(33-50)60-46)61-47-43(56)41(54)40(53)37(32-49)59-47/h13,15,17-18,20,22,28,30,35-38,40-47,49-51,53-57H,3-12,14,16,19,21,23-27,29,31-34H2,1-2H3,(H,48,52)/b15-13-,18-17-,22-20+,30-28+. The lowest BCUT2D eigenvalue weighted by Crippen LogP contribution is -2.65. The number of allylic oxidation sites excluding steroid dienone is 7. The highest BCUT2D eigenvalue weighted by atomic mass is 16.7. The Morgan fingerprint density at radius 3 is 1.72 bits per heavy atom. The van der Waals surface area contributed by atoms with Gasteiger partial charge in [-0.15, -0.1) is 0 Å². The number of rotatable bonds is 34. The highest BCUT2D eigenvalue weighted by Gasteiger charge is 2.50. The van der Waals surface area contributed by atoms with Crippen molar-refractivity contribution in [3.05, 3.63) is 48.6 Å². The topological polar surface area (TPSA) is 228 Å². The number of unbranched alkanes of at least 4 members (excludes halogenated alkanes) is 15. The summed E-state index contributed by atoms with van der Waals surface area (Å²) in [4.78, 5) is 13.1. The maximum Gasteiger partial charge on any atom is 0.220 e. The van der Waals surface area contributed by atoms with Crippen LogP contribution in [0.2, 0.25) is 0 Å². The summed E-state index contributed by atoms with van der Waals surface area (Å²) in [5.74, 6) is -0.268. The Morgan fingerprint density at radius 1 is 0.590 bits per heavy atom. The van der Waals surface area contributed by atoms with Crippen LogP contribution in [-0.2, 0) is 23.7 Å². The summed E-state index contributed by atoms with van der Waals surface area (Å²) in [7, 11) is 0. The van der Waals surface area contributed by atoms with Gasteiger partial charge in [0.05, 0.1) is 32.0 Å². The number of aliphatic hydroxyl groups is 8. The molecule has 12 unspecified atom stereocenters. The molecule has 1 amide bonds. The first-order valence-electron chi connectivity index (χ1n) is 23.4. The van der Waals surface area contributed by atoms with Crippen LogP contribution >= 0.6 is 0 Å². The predicted octanol–water partition coefficient (Wildman–Crippen LogP) is 4.93. The van der Waals surface area contributed by atoms with Crippen molar-refractivity contribution >= 4 is 5.91 Å². The molecule has 0 bridgehead atoms. The Balaban J connectivity index is 1.90. The van der Waals surface area contributed by atoms with Crippen molar-refractivity contribution in [3.63, 3.8) is 0 Å². The van der Waals surface area contributed by atoms with Crippen molar-refractivity contribution in [1.29, 1.82) is 0 Å². The van der Waals surface area contributed by atoms with Gasteiger partial charge in [0.1, 0.15) is 48.8 Å². The second kappa shape index (κ2) is 34.4. The van der Waals surface area contributed by atoms with E-state index in [1.165, 1.54) is 57.8 Å². The monoisotopic (exact) mass is 870 g/mol. The first kappa shape index (κ1) is 55.1. The molecule has 0 aromatic carbocycles. The third-order valence-electron chi connectivity index (χ3n) is 11.2. The molecule has 2 fully saturated rings. The molecule has 2 aliphatic heterocycles. The van der Waals surface area contributed by atoms with Gasteiger partial charge in [0.15, 0.2) is 12.6 Å². The van der Waals surface area contributed by atoms with E-state index in [0.717, 1.165) is 57.8 Å². The molecule has 61 heavy (non-hydrogen) atoms. The van der Waals surface area contributed by atoms with E-state index >= 15 is 0 Å². The van der Waals surface area contributed by atoms with Crippen LogP contribution in [0.3, 0.4) is 0 Å². The van der Waals surface area contributed by atoms with Crippen molar-refractivity contribution in [1.82, 2.24) is 5.32 Å². The lowest BCUT2D eigenvalue weighted by molar-refractivity contribution is -0.359. The van der Waals surface area contributed by atoms with Gasteiger partial charge in [-0.2, -0.15) is 0 Å². The molecule has 9 N–H and O–H groups in total. The van der Waals surface area contributed by atoms with E-state index in [1.54, 1.807) is 6.08 Å². The summed E-state index contributed by atoms with van der Waals surface area (Å²) in [6, 6.07) is -0.936. The molecule has 2 heterocycles. The van der Waals surface area contributed by atoms with E-state index in [2.05, 4.69) is 55.6 Å². The molecule has 2 rings (SSSR count). The van der Waals surface area contributed by atoms with Gasteiger partial charge in [0, 0.05) is 6.42 Å². The molecule has 0 spiro atoms. The minimum absolute atomic E-state index is 0.256. The smallest absolute Gasteiger partial charge is 0.220 e. The summed E-state index contributed by atoms with van der Waals surface area (Å²) in [6.07, 6.45) is 21.6. The second-order valence-electron chi connectivity index (χ2n) is 16.5. The lowest BCUT2D eigenvalue weighted by atomic mass is 9.97. The summed E-state index contributed by atoms with van der Waals surface area (Å²) >= 11 is 0. The number of carbonyl (C=O) groups excluding carboxylic acids is 1. The Kier molecular flexibility index (Phi) is 31.0. The lowest BCUT2D eigenvalue weighted by Gasteiger charge is -2.46. The van der Waals surface area contributed by atoms with E-state index in [0.29, 0.717) is 12.8 Å². The second-order valence-corrected chi connectivity index (χ2v) is 16.5. The summed E-state index contributed by atoms with van der Waals surface area (Å²) < 4.78 is 22.6. The fraction of sp³-hybridized carbons (Fsp3) is 0.809. The molecular weight excluding hydrogens is 787 g/mol. The zero-order valence-corrected chi connectivity index (χ0v) is 37.1. The van der Waals surface area contributed by atoms with Gasteiger partial charge in [-0.05, 0) is 64.2 Å². The van der Waals surface area contributed by atoms with E-state index in [-0.39, 0.29) is 18.9 Å². The largest absolute Gasteiger partial charge is 0.394 e. The Morgan fingerprint density at radius 2 is 1.10 bits per heavy atom. The van der Waals surface area contributed by atoms with Gasteiger partial charge < -0.3 is 65.1 Å². The number of amides is 1. The van der Waals surface area contributed by atoms with Crippen molar-refractivity contribution in [3.8, 4) is 0 Å². The molecular formula is C47H83NO13. The molecule has 0 aliphatic carbocycles. The first-order valence-corrected chi connectivity index (χ1v) is 23.4. The summed E-state index contributed by atoms with van der Waals surface area (Å²) in [6.45, 7) is 2.68. The summed E-state index contributed by atoms with van der Waals surface area (Å²) in [5.41, 5.74) is 0. The average molecular weight is 870 g/mol. The number of carbonyl (C=O) groups is 1. The zero-order chi connectivity index (χ0) is 44.7. The van der Waals surface area contributed by atoms with Crippen molar-refractivity contribution in [2.75, 3.05) is 19.8 Å². The van der Waals surface area contributed by atoms with Gasteiger partial charge in [0.25, 0.3) is 0 Å². The molecule has 12 atom stereocenters. The summed E-state index contributed by atoms with van der Waals surface area (Å²) in [5, 5.41) is 86.4. The Bertz CT molecular complexity index is 1210. The van der Waals surface area contributed by atoms with Crippen molar-refractivity contribution in [2.45, 2.75) is 222 Å². The van der Waals surface area contributed by atoms with Crippen LogP contribution in [0.5, 0.6) is 0 Å². The van der Waals surface area contributed by atoms with Crippen molar-refractivity contribution < 1.29 is 64.6 Å². The Labute approximate surface area is 365 Å². The van der Waals surface area contributed by atoms with Crippen molar-refractivity contribution in [2.24, 2.45) is 0 Å². The zero-order valence-electron chi connectivity index (χ0n) is 37.1. The van der Waals surface area contributed by atoms with Crippen LogP contribution in [0.1, 0.15) is 149 Å². The van der Waals surface area contributed by atoms with Gasteiger partial charge in [-0.3, -0.25) is 4.79 Å². The molecule has 0 aromatic heterocycles. The van der Waals surface area contributed by atoms with Gasteiger partial charge >= 0.3 is 0 Å². The number of hydrogen-bond acceptors (Lipinski definition) is 13. The van der Waals surface area contributed by atoms with Crippen LogP contribution in [0.15, 0.2) is 48.6 Å². The maximum absolute atomic E-state index is 13.1. The van der Waals surface area contributed by atoms with Crippen LogP contribution in [0.25, 0.3) is 0 Å². The minimum Gasteiger partial charge on any atom is -0.394 e. The number of nitrogens with one attached hydrogen (secondary N) is 1. The highest BCUT2D eigenvalue weighted by molar-refractivity contribution is 5.76. The third kappa shape index (κ3) is 22.4. The average Bonchev–Trinajstić information content (AvgIpc) is 3.26. The normalized spacial score (nSPS) is 28.4. The van der Waals surface area contributed by atoms with E-state index in [1.807, 2.05) is 6.08 Å². The number of ether oxygens (including phenoxy) is 4. The van der Waals surface area contributed by atoms with Crippen LogP contribution in [0.4, 0.5) is 0 Å². The van der Waals surface area contributed by atoms with E-state index < -0.39 is 86.8 Å². The van der Waals surface area contributed by atoms with Gasteiger partial charge in [0.2, 0.25) is 5.91 Å². The predicted molar refractivity (Wildman–Crippen MR) is 235 cm³/mol. The molecule has 0 saturated carbocycles. The highest BCUT2D eigenvalue weighted by Crippen LogP contribution is 2.30. The third-order valence-corrected chi connectivity index (χ3v) is 11.2. The minimum atomic E-state index is -1.79. The Hall–Kier alpha value is -2.05. The quantitative estimate of drug-likeness (QED) is 0.0309. The molecule has 14 heteroatoms. The van der Waals surface area contributed by atoms with Crippen LogP contribution in [0, 0.1) is 0 Å². The first-order chi connectivity index (χ1) is 29.6. The van der Waals surface area contributed by atoms with Crippen LogP contribution in [-0.4, -0.2) is 140 Å². The van der Waals surface area contributed by atoms with Crippen LogP contribution < -0.4 is 5.32 Å². The fourth-order valence-corrected chi connectivity index (χ4v) is 7.33. The maximum atomic E-state index is 13.1. The molecule has 0 aromatic rings. The number of hydrogen-bond donors (Lipinski definition) is 9. The van der Waals surface area contributed by atoms with Gasteiger partial charge in [-0.25, -0.2) is 0 Å². The van der Waals surface area contributed by atoms with E-state index in [4.69, 9.17) is 18.9 Å². The van der Waals surface area contributed by atoms with E-state index in [9.17, 15) is 45.6 Å². The molecule has 14 nitrogen and oxygen atoms in total. The molecule has 354 valence electrons. The molecule has 2 aliphatic rings. The van der Waals surface area contributed by atoms with Gasteiger partial charge in [-0.1, -0.05) is 127 Å². The number of aliphatic hydroxyl groups excluding tert-OH is 8. The molecule has 2 saturated heterocycles.